The predicted octanol–water partition coefficient (Wildman–Crippen LogP) is 3.04. The molecule has 6 heteroatoms. The molecule has 0 aromatic heterocycles. The summed E-state index contributed by atoms with van der Waals surface area (Å²) in [5.41, 5.74) is 5.79. The highest BCUT2D eigenvalue weighted by Crippen LogP contribution is 2.31. The third-order valence-electron chi connectivity index (χ3n) is 3.38. The fourth-order valence-electron chi connectivity index (χ4n) is 2.25. The SMILES string of the molecule is NC1CCC(S(=O)(=O)c2ccc(Cl)c(Cl)c2)CC1. The zero-order valence-corrected chi connectivity index (χ0v) is 12.1. The minimum Gasteiger partial charge on any atom is -0.328 e. The number of hydrogen-bond donors (Lipinski definition) is 1. The molecule has 0 heterocycles. The Kier molecular flexibility index (Phi) is 4.22. The van der Waals surface area contributed by atoms with E-state index in [1.165, 1.54) is 18.2 Å². The molecule has 1 fully saturated rings. The molecule has 18 heavy (non-hydrogen) atoms. The van der Waals surface area contributed by atoms with Gasteiger partial charge in [-0.2, -0.15) is 0 Å². The monoisotopic (exact) mass is 307 g/mol. The Balaban J connectivity index is 2.27. The summed E-state index contributed by atoms with van der Waals surface area (Å²) in [6.07, 6.45) is 2.74. The van der Waals surface area contributed by atoms with Gasteiger partial charge in [-0.1, -0.05) is 23.2 Å². The molecule has 100 valence electrons. The minimum atomic E-state index is -3.32. The second-order valence-corrected chi connectivity index (χ2v) is 7.70. The Morgan fingerprint density at radius 1 is 1.06 bits per heavy atom. The average molecular weight is 308 g/mol. The number of rotatable bonds is 2. The smallest absolute Gasteiger partial charge is 0.181 e. The molecule has 2 N–H and O–H groups in total. The van der Waals surface area contributed by atoms with Gasteiger partial charge < -0.3 is 5.73 Å². The van der Waals surface area contributed by atoms with Crippen molar-refractivity contribution in [2.24, 2.45) is 5.73 Å². The highest BCUT2D eigenvalue weighted by atomic mass is 35.5. The Morgan fingerprint density at radius 2 is 1.67 bits per heavy atom. The predicted molar refractivity (Wildman–Crippen MR) is 73.9 cm³/mol. The molecule has 1 aliphatic carbocycles. The van der Waals surface area contributed by atoms with Crippen LogP contribution in [0.2, 0.25) is 10.0 Å². The molecule has 0 saturated heterocycles. The van der Waals surface area contributed by atoms with Crippen molar-refractivity contribution >= 4 is 33.0 Å². The van der Waals surface area contributed by atoms with E-state index in [2.05, 4.69) is 0 Å². The molecule has 1 saturated carbocycles. The highest BCUT2D eigenvalue weighted by molar-refractivity contribution is 7.92. The molecular weight excluding hydrogens is 293 g/mol. The number of nitrogens with two attached hydrogens (primary N) is 1. The number of sulfone groups is 1. The van der Waals surface area contributed by atoms with Gasteiger partial charge >= 0.3 is 0 Å². The summed E-state index contributed by atoms with van der Waals surface area (Å²) >= 11 is 11.7. The number of benzene rings is 1. The Bertz CT molecular complexity index is 537. The van der Waals surface area contributed by atoms with Crippen LogP contribution in [-0.4, -0.2) is 19.7 Å². The molecule has 3 nitrogen and oxygen atoms in total. The molecule has 0 spiro atoms. The summed E-state index contributed by atoms with van der Waals surface area (Å²) in [4.78, 5) is 0.248. The van der Waals surface area contributed by atoms with E-state index in [0.29, 0.717) is 17.9 Å². The van der Waals surface area contributed by atoms with E-state index in [1.54, 1.807) is 0 Å². The van der Waals surface area contributed by atoms with Gasteiger partial charge in [-0.3, -0.25) is 0 Å². The fraction of sp³-hybridized carbons (Fsp3) is 0.500. The Morgan fingerprint density at radius 3 is 2.22 bits per heavy atom. The van der Waals surface area contributed by atoms with Crippen molar-refractivity contribution < 1.29 is 8.42 Å². The van der Waals surface area contributed by atoms with Crippen molar-refractivity contribution in [2.75, 3.05) is 0 Å². The number of halogens is 2. The van der Waals surface area contributed by atoms with Crippen molar-refractivity contribution in [2.45, 2.75) is 41.9 Å². The summed E-state index contributed by atoms with van der Waals surface area (Å²) in [5.74, 6) is 0. The topological polar surface area (TPSA) is 60.2 Å². The van der Waals surface area contributed by atoms with Gasteiger partial charge in [-0.25, -0.2) is 8.42 Å². The molecule has 0 radical (unpaired) electrons. The first kappa shape index (κ1) is 14.1. The lowest BCUT2D eigenvalue weighted by molar-refractivity contribution is 0.434. The van der Waals surface area contributed by atoms with Gasteiger partial charge in [0, 0.05) is 6.04 Å². The van der Waals surface area contributed by atoms with Gasteiger partial charge in [0.1, 0.15) is 0 Å². The van der Waals surface area contributed by atoms with Crippen LogP contribution in [-0.2, 0) is 9.84 Å². The van der Waals surface area contributed by atoms with Crippen LogP contribution in [0, 0.1) is 0 Å². The zero-order valence-electron chi connectivity index (χ0n) is 9.77. The maximum absolute atomic E-state index is 12.4. The maximum Gasteiger partial charge on any atom is 0.181 e. The zero-order chi connectivity index (χ0) is 13.3. The minimum absolute atomic E-state index is 0.130. The van der Waals surface area contributed by atoms with E-state index in [1.807, 2.05) is 0 Å². The van der Waals surface area contributed by atoms with E-state index in [9.17, 15) is 8.42 Å². The quantitative estimate of drug-likeness (QED) is 0.913. The normalized spacial score (nSPS) is 25.1. The van der Waals surface area contributed by atoms with E-state index in [-0.39, 0.29) is 21.2 Å². The Hall–Kier alpha value is -0.290. The van der Waals surface area contributed by atoms with Crippen LogP contribution in [0.4, 0.5) is 0 Å². The largest absolute Gasteiger partial charge is 0.328 e. The molecule has 0 atom stereocenters. The summed E-state index contributed by atoms with van der Waals surface area (Å²) < 4.78 is 24.8. The van der Waals surface area contributed by atoms with Gasteiger partial charge in [0.15, 0.2) is 9.84 Å². The van der Waals surface area contributed by atoms with Crippen LogP contribution in [0.25, 0.3) is 0 Å². The first-order valence-corrected chi connectivity index (χ1v) is 8.16. The molecule has 0 bridgehead atoms. The molecular formula is C12H15Cl2NO2S. The lowest BCUT2D eigenvalue weighted by Crippen LogP contribution is -2.33. The fourth-order valence-corrected chi connectivity index (χ4v) is 4.43. The van der Waals surface area contributed by atoms with Crippen LogP contribution in [0.15, 0.2) is 23.1 Å². The first-order valence-electron chi connectivity index (χ1n) is 5.86. The van der Waals surface area contributed by atoms with E-state index >= 15 is 0 Å². The third kappa shape index (κ3) is 2.82. The van der Waals surface area contributed by atoms with Crippen molar-refractivity contribution in [3.8, 4) is 0 Å². The van der Waals surface area contributed by atoms with Gasteiger partial charge in [-0.15, -0.1) is 0 Å². The van der Waals surface area contributed by atoms with Crippen molar-refractivity contribution in [1.29, 1.82) is 0 Å². The first-order chi connectivity index (χ1) is 8.41. The van der Waals surface area contributed by atoms with Gasteiger partial charge in [0.05, 0.1) is 20.2 Å². The molecule has 1 aliphatic rings. The van der Waals surface area contributed by atoms with Crippen LogP contribution in [0.5, 0.6) is 0 Å². The van der Waals surface area contributed by atoms with E-state index < -0.39 is 9.84 Å². The molecule has 1 aromatic rings. The molecule has 0 amide bonds. The number of hydrogen-bond acceptors (Lipinski definition) is 3. The van der Waals surface area contributed by atoms with E-state index in [0.717, 1.165) is 12.8 Å². The molecule has 0 unspecified atom stereocenters. The van der Waals surface area contributed by atoms with Gasteiger partial charge in [0.2, 0.25) is 0 Å². The van der Waals surface area contributed by atoms with Crippen molar-refractivity contribution in [1.82, 2.24) is 0 Å². The lowest BCUT2D eigenvalue weighted by Gasteiger charge is -2.26. The van der Waals surface area contributed by atoms with E-state index in [4.69, 9.17) is 28.9 Å². The standard InChI is InChI=1S/C12H15Cl2NO2S/c13-11-6-5-10(7-12(11)14)18(16,17)9-3-1-8(15)2-4-9/h5-9H,1-4,15H2. The highest BCUT2D eigenvalue weighted by Gasteiger charge is 2.31. The van der Waals surface area contributed by atoms with Crippen molar-refractivity contribution in [3.63, 3.8) is 0 Å². The summed E-state index contributed by atoms with van der Waals surface area (Å²) in [5, 5.41) is 0.279. The summed E-state index contributed by atoms with van der Waals surface area (Å²) in [6, 6.07) is 4.59. The van der Waals surface area contributed by atoms with Crippen LogP contribution in [0.3, 0.4) is 0 Å². The van der Waals surface area contributed by atoms with Crippen LogP contribution in [0.1, 0.15) is 25.7 Å². The van der Waals surface area contributed by atoms with Crippen LogP contribution >= 0.6 is 23.2 Å². The summed E-state index contributed by atoms with van der Waals surface area (Å²) in [7, 11) is -3.32. The van der Waals surface area contributed by atoms with Gasteiger partial charge in [0.25, 0.3) is 0 Å². The second kappa shape index (κ2) is 5.37. The molecule has 1 aromatic carbocycles. The third-order valence-corrected chi connectivity index (χ3v) is 6.38. The van der Waals surface area contributed by atoms with Crippen molar-refractivity contribution in [3.05, 3.63) is 28.2 Å². The second-order valence-electron chi connectivity index (χ2n) is 4.66. The molecule has 0 aliphatic heterocycles. The van der Waals surface area contributed by atoms with Gasteiger partial charge in [-0.05, 0) is 43.9 Å². The average Bonchev–Trinajstić information content (AvgIpc) is 2.33. The molecule has 2 rings (SSSR count). The maximum atomic E-state index is 12.4. The summed E-state index contributed by atoms with van der Waals surface area (Å²) in [6.45, 7) is 0. The lowest BCUT2D eigenvalue weighted by atomic mass is 9.96. The van der Waals surface area contributed by atoms with Crippen LogP contribution < -0.4 is 5.73 Å². The Labute approximate surface area is 117 Å².